The smallest absolute Gasteiger partial charge is 0.330 e. The van der Waals surface area contributed by atoms with Crippen LogP contribution in [0.3, 0.4) is 0 Å². The average Bonchev–Trinajstić information content (AvgIpc) is 3.52. The van der Waals surface area contributed by atoms with Gasteiger partial charge in [-0.05, 0) is 31.2 Å². The molecule has 9 heteroatoms. The number of carbonyl (C=O) groups excluding carboxylic acids is 1. The molecule has 0 bridgehead atoms. The normalized spacial score (nSPS) is 13.7. The molecule has 9 nitrogen and oxygen atoms in total. The van der Waals surface area contributed by atoms with Gasteiger partial charge >= 0.3 is 5.69 Å². The Hall–Kier alpha value is -2.97. The van der Waals surface area contributed by atoms with Gasteiger partial charge in [0, 0.05) is 25.2 Å². The molecule has 3 N–H and O–H groups in total. The number of hydrogen-bond donors (Lipinski definition) is 2. The minimum Gasteiger partial charge on any atom is -0.383 e. The standard InChI is InChI=1S/C20H28N6O3/c1-4-5-10-25(19(28)14-8-9-22-17(23-14)13-6-7-13)15-16(21)26(11-12(2)3)20(29)24-18(15)27/h8-9,12-13H,4-7,10-11,21H2,1-3H3,(H,24,27,29). The Labute approximate surface area is 169 Å². The van der Waals surface area contributed by atoms with Crippen LogP contribution in [0.4, 0.5) is 11.5 Å². The van der Waals surface area contributed by atoms with Crippen LogP contribution in [0.1, 0.15) is 68.7 Å². The van der Waals surface area contributed by atoms with Crippen molar-refractivity contribution >= 4 is 17.4 Å². The molecule has 156 valence electrons. The highest BCUT2D eigenvalue weighted by Crippen LogP contribution is 2.37. The van der Waals surface area contributed by atoms with Crippen molar-refractivity contribution in [2.75, 3.05) is 17.2 Å². The maximum atomic E-state index is 13.3. The van der Waals surface area contributed by atoms with Gasteiger partial charge < -0.3 is 5.73 Å². The second-order valence-corrected chi connectivity index (χ2v) is 7.88. The van der Waals surface area contributed by atoms with E-state index in [1.165, 1.54) is 9.47 Å². The van der Waals surface area contributed by atoms with E-state index >= 15 is 0 Å². The predicted octanol–water partition coefficient (Wildman–Crippen LogP) is 1.89. The molecular weight excluding hydrogens is 372 g/mol. The maximum Gasteiger partial charge on any atom is 0.330 e. The average molecular weight is 400 g/mol. The Bertz CT molecular complexity index is 1010. The van der Waals surface area contributed by atoms with Crippen molar-refractivity contribution in [2.45, 2.75) is 58.9 Å². The van der Waals surface area contributed by atoms with Crippen molar-refractivity contribution in [1.82, 2.24) is 19.5 Å². The monoisotopic (exact) mass is 400 g/mol. The van der Waals surface area contributed by atoms with E-state index in [1.54, 1.807) is 12.3 Å². The molecule has 0 aliphatic heterocycles. The molecule has 2 heterocycles. The topological polar surface area (TPSA) is 127 Å². The largest absolute Gasteiger partial charge is 0.383 e. The van der Waals surface area contributed by atoms with Gasteiger partial charge in [0.25, 0.3) is 11.5 Å². The highest BCUT2D eigenvalue weighted by Gasteiger charge is 2.29. The molecule has 29 heavy (non-hydrogen) atoms. The van der Waals surface area contributed by atoms with E-state index in [0.717, 1.165) is 19.3 Å². The van der Waals surface area contributed by atoms with Gasteiger partial charge in [-0.1, -0.05) is 27.2 Å². The van der Waals surface area contributed by atoms with E-state index in [-0.39, 0.29) is 23.1 Å². The summed E-state index contributed by atoms with van der Waals surface area (Å²) in [4.78, 5) is 50.5. The molecule has 0 saturated heterocycles. The quantitative estimate of drug-likeness (QED) is 0.697. The molecule has 0 radical (unpaired) electrons. The molecule has 0 atom stereocenters. The van der Waals surface area contributed by atoms with Gasteiger partial charge in [0.1, 0.15) is 17.3 Å². The number of H-pyrrole nitrogens is 1. The van der Waals surface area contributed by atoms with Crippen LogP contribution in [0.15, 0.2) is 21.9 Å². The first kappa shape index (κ1) is 20.8. The molecule has 2 aromatic heterocycles. The summed E-state index contributed by atoms with van der Waals surface area (Å²) in [7, 11) is 0. The third kappa shape index (κ3) is 4.55. The second-order valence-electron chi connectivity index (χ2n) is 7.88. The number of nitrogens with zero attached hydrogens (tertiary/aromatic N) is 4. The van der Waals surface area contributed by atoms with Gasteiger partial charge in [-0.15, -0.1) is 0 Å². The maximum absolute atomic E-state index is 13.3. The number of rotatable bonds is 8. The molecule has 1 aliphatic rings. The van der Waals surface area contributed by atoms with E-state index in [0.29, 0.717) is 31.3 Å². The summed E-state index contributed by atoms with van der Waals surface area (Å²) in [6.07, 6.45) is 5.10. The molecule has 1 aliphatic carbocycles. The van der Waals surface area contributed by atoms with E-state index in [4.69, 9.17) is 5.73 Å². The summed E-state index contributed by atoms with van der Waals surface area (Å²) >= 11 is 0. The van der Waals surface area contributed by atoms with Gasteiger partial charge in [0.15, 0.2) is 5.69 Å². The van der Waals surface area contributed by atoms with Crippen LogP contribution in [-0.2, 0) is 6.54 Å². The summed E-state index contributed by atoms with van der Waals surface area (Å²) < 4.78 is 1.31. The van der Waals surface area contributed by atoms with Gasteiger partial charge in [-0.25, -0.2) is 14.8 Å². The molecule has 1 amide bonds. The lowest BCUT2D eigenvalue weighted by Gasteiger charge is -2.24. The number of nitrogen functional groups attached to an aromatic ring is 1. The van der Waals surface area contributed by atoms with E-state index < -0.39 is 17.2 Å². The summed E-state index contributed by atoms with van der Waals surface area (Å²) in [5.74, 6) is 0.658. The third-order valence-electron chi connectivity index (χ3n) is 4.85. The van der Waals surface area contributed by atoms with Crippen molar-refractivity contribution in [3.63, 3.8) is 0 Å². The number of aromatic amines is 1. The highest BCUT2D eigenvalue weighted by atomic mass is 16.2. The second kappa shape index (κ2) is 8.59. The van der Waals surface area contributed by atoms with Gasteiger partial charge in [0.05, 0.1) is 0 Å². The van der Waals surface area contributed by atoms with Crippen LogP contribution in [-0.4, -0.2) is 32.0 Å². The zero-order chi connectivity index (χ0) is 21.1. The number of carbonyl (C=O) groups is 1. The minimum absolute atomic E-state index is 0.00437. The summed E-state index contributed by atoms with van der Waals surface area (Å²) in [6.45, 7) is 6.51. The predicted molar refractivity (Wildman–Crippen MR) is 111 cm³/mol. The lowest BCUT2D eigenvalue weighted by atomic mass is 10.2. The Morgan fingerprint density at radius 3 is 2.72 bits per heavy atom. The Morgan fingerprint density at radius 1 is 1.38 bits per heavy atom. The summed E-state index contributed by atoms with van der Waals surface area (Å²) in [6, 6.07) is 1.54. The molecule has 3 rings (SSSR count). The molecule has 1 saturated carbocycles. The first-order chi connectivity index (χ1) is 13.8. The Morgan fingerprint density at radius 2 is 2.10 bits per heavy atom. The van der Waals surface area contributed by atoms with E-state index in [2.05, 4.69) is 15.0 Å². The first-order valence-corrected chi connectivity index (χ1v) is 10.1. The number of unbranched alkanes of at least 4 members (excludes halogenated alkanes) is 1. The number of aromatic nitrogens is 4. The van der Waals surface area contributed by atoms with Crippen LogP contribution in [0, 0.1) is 5.92 Å². The van der Waals surface area contributed by atoms with Crippen molar-refractivity contribution in [1.29, 1.82) is 0 Å². The molecule has 0 unspecified atom stereocenters. The van der Waals surface area contributed by atoms with Crippen LogP contribution in [0.2, 0.25) is 0 Å². The van der Waals surface area contributed by atoms with Crippen LogP contribution in [0.5, 0.6) is 0 Å². The fourth-order valence-corrected chi connectivity index (χ4v) is 3.19. The van der Waals surface area contributed by atoms with Crippen molar-refractivity contribution in [3.05, 3.63) is 44.6 Å². The fraction of sp³-hybridized carbons (Fsp3) is 0.550. The number of hydrogen-bond acceptors (Lipinski definition) is 6. The van der Waals surface area contributed by atoms with Crippen LogP contribution in [0.25, 0.3) is 0 Å². The lowest BCUT2D eigenvalue weighted by molar-refractivity contribution is 0.0981. The van der Waals surface area contributed by atoms with Crippen LogP contribution < -0.4 is 21.9 Å². The van der Waals surface area contributed by atoms with Crippen molar-refractivity contribution in [2.24, 2.45) is 5.92 Å². The molecular formula is C20H28N6O3. The Balaban J connectivity index is 2.07. The molecule has 0 spiro atoms. The zero-order valence-corrected chi connectivity index (χ0v) is 17.1. The summed E-state index contributed by atoms with van der Waals surface area (Å²) in [5.41, 5.74) is 5.19. The van der Waals surface area contributed by atoms with Crippen molar-refractivity contribution < 1.29 is 4.79 Å². The lowest BCUT2D eigenvalue weighted by Crippen LogP contribution is -2.42. The van der Waals surface area contributed by atoms with Gasteiger partial charge in [-0.2, -0.15) is 0 Å². The molecule has 2 aromatic rings. The first-order valence-electron chi connectivity index (χ1n) is 10.1. The van der Waals surface area contributed by atoms with E-state index in [9.17, 15) is 14.4 Å². The Kier molecular flexibility index (Phi) is 6.14. The highest BCUT2D eigenvalue weighted by molar-refractivity contribution is 6.06. The molecule has 1 fully saturated rings. The third-order valence-corrected chi connectivity index (χ3v) is 4.85. The summed E-state index contributed by atoms with van der Waals surface area (Å²) in [5, 5.41) is 0. The van der Waals surface area contributed by atoms with E-state index in [1.807, 2.05) is 20.8 Å². The SMILES string of the molecule is CCCCN(C(=O)c1ccnc(C2CC2)n1)c1c(N)n(CC(C)C)c(=O)[nH]c1=O. The van der Waals surface area contributed by atoms with Gasteiger partial charge in [-0.3, -0.25) is 24.0 Å². The zero-order valence-electron chi connectivity index (χ0n) is 17.1. The molecule has 0 aromatic carbocycles. The number of anilines is 2. The number of nitrogens with one attached hydrogen (secondary N) is 1. The number of nitrogens with two attached hydrogens (primary N) is 1. The van der Waals surface area contributed by atoms with Crippen LogP contribution >= 0.6 is 0 Å². The van der Waals surface area contributed by atoms with Gasteiger partial charge in [0.2, 0.25) is 0 Å². The fourth-order valence-electron chi connectivity index (χ4n) is 3.19. The van der Waals surface area contributed by atoms with Crippen molar-refractivity contribution in [3.8, 4) is 0 Å². The minimum atomic E-state index is -0.673. The number of amides is 1.